The molecule has 2 aromatic carbocycles. The van der Waals surface area contributed by atoms with Crippen LogP contribution in [0.5, 0.6) is 0 Å². The molecule has 2 aromatic rings. The number of amides is 2. The highest BCUT2D eigenvalue weighted by atomic mass is 32.2. The number of benzene rings is 2. The lowest BCUT2D eigenvalue weighted by atomic mass is 10.1. The molecule has 0 bridgehead atoms. The van der Waals surface area contributed by atoms with Gasteiger partial charge in [0.25, 0.3) is 0 Å². The first-order valence-corrected chi connectivity index (χ1v) is 10.2. The third kappa shape index (κ3) is 2.67. The van der Waals surface area contributed by atoms with Gasteiger partial charge in [0.2, 0.25) is 0 Å². The van der Waals surface area contributed by atoms with E-state index in [2.05, 4.69) is 0 Å². The average Bonchev–Trinajstić information content (AvgIpc) is 3.00. The van der Waals surface area contributed by atoms with Crippen LogP contribution in [0.15, 0.2) is 42.5 Å². The number of fused-ring (bicyclic) bond motifs is 1. The van der Waals surface area contributed by atoms with Crippen molar-refractivity contribution in [1.29, 1.82) is 0 Å². The molecule has 2 aliphatic heterocycles. The minimum atomic E-state index is -3.25. The standard InChI is InChI=1S/C19H19FN2O3S/c1-12-3-6-16(9-13(12)2)22-18-11-26(24,25)10-17(18)21(19(22)23)15-7-4-14(20)5-8-15/h3-9,17-18H,10-11H2,1-2H3/t17-,18-/m0/s1. The van der Waals surface area contributed by atoms with E-state index in [0.717, 1.165) is 11.1 Å². The van der Waals surface area contributed by atoms with Crippen molar-refractivity contribution >= 4 is 27.2 Å². The quantitative estimate of drug-likeness (QED) is 0.759. The van der Waals surface area contributed by atoms with E-state index in [0.29, 0.717) is 11.4 Å². The van der Waals surface area contributed by atoms with Gasteiger partial charge in [-0.3, -0.25) is 9.80 Å². The zero-order chi connectivity index (χ0) is 18.6. The second kappa shape index (κ2) is 5.81. The molecule has 0 N–H and O–H groups in total. The van der Waals surface area contributed by atoms with Gasteiger partial charge in [-0.1, -0.05) is 6.07 Å². The van der Waals surface area contributed by atoms with E-state index in [4.69, 9.17) is 0 Å². The summed E-state index contributed by atoms with van der Waals surface area (Å²) in [5, 5.41) is 0. The molecular formula is C19H19FN2O3S. The highest BCUT2D eigenvalue weighted by molar-refractivity contribution is 7.91. The van der Waals surface area contributed by atoms with Crippen LogP contribution in [0.4, 0.5) is 20.6 Å². The van der Waals surface area contributed by atoms with E-state index >= 15 is 0 Å². The molecule has 7 heteroatoms. The summed E-state index contributed by atoms with van der Waals surface area (Å²) in [7, 11) is -3.25. The normalized spacial score (nSPS) is 24.2. The van der Waals surface area contributed by atoms with Crippen molar-refractivity contribution in [3.8, 4) is 0 Å². The third-order valence-electron chi connectivity index (χ3n) is 5.24. The Balaban J connectivity index is 1.81. The first-order chi connectivity index (χ1) is 12.3. The number of carbonyl (C=O) groups excluding carboxylic acids is 1. The van der Waals surface area contributed by atoms with Gasteiger partial charge in [-0.2, -0.15) is 0 Å². The summed E-state index contributed by atoms with van der Waals surface area (Å²) in [5.41, 5.74) is 3.34. The Bertz CT molecular complexity index is 988. The monoisotopic (exact) mass is 374 g/mol. The SMILES string of the molecule is Cc1ccc(N2C(=O)N(c3ccc(F)cc3)[C@H]3CS(=O)(=O)C[C@@H]32)cc1C. The molecule has 4 rings (SSSR count). The Morgan fingerprint density at radius 2 is 1.42 bits per heavy atom. The van der Waals surface area contributed by atoms with Crippen molar-refractivity contribution < 1.29 is 17.6 Å². The van der Waals surface area contributed by atoms with Crippen LogP contribution in [0, 0.1) is 19.7 Å². The fourth-order valence-corrected chi connectivity index (χ4v) is 5.70. The minimum absolute atomic E-state index is 0.0615. The molecule has 0 aliphatic carbocycles. The summed E-state index contributed by atoms with van der Waals surface area (Å²) in [6, 6.07) is 10.1. The summed E-state index contributed by atoms with van der Waals surface area (Å²) >= 11 is 0. The van der Waals surface area contributed by atoms with Gasteiger partial charge in [-0.05, 0) is 61.4 Å². The molecule has 2 saturated heterocycles. The summed E-state index contributed by atoms with van der Waals surface area (Å²) in [4.78, 5) is 16.2. The molecule has 2 amide bonds. The van der Waals surface area contributed by atoms with Gasteiger partial charge in [0.15, 0.2) is 9.84 Å². The maximum atomic E-state index is 13.3. The highest BCUT2D eigenvalue weighted by Gasteiger charge is 2.54. The Labute approximate surface area is 152 Å². The first-order valence-electron chi connectivity index (χ1n) is 8.42. The number of halogens is 1. The van der Waals surface area contributed by atoms with E-state index in [1.165, 1.54) is 29.2 Å². The largest absolute Gasteiger partial charge is 0.329 e. The zero-order valence-corrected chi connectivity index (χ0v) is 15.3. The second-order valence-corrected chi connectivity index (χ2v) is 9.13. The summed E-state index contributed by atoms with van der Waals surface area (Å²) in [6.07, 6.45) is 0. The van der Waals surface area contributed by atoms with Gasteiger partial charge in [-0.15, -0.1) is 0 Å². The molecule has 2 aliphatic rings. The number of hydrogen-bond acceptors (Lipinski definition) is 3. The number of sulfone groups is 1. The number of hydrogen-bond donors (Lipinski definition) is 0. The van der Waals surface area contributed by atoms with Crippen LogP contribution in [0.1, 0.15) is 11.1 Å². The van der Waals surface area contributed by atoms with Crippen molar-refractivity contribution in [3.05, 3.63) is 59.4 Å². The van der Waals surface area contributed by atoms with Crippen LogP contribution in [0.2, 0.25) is 0 Å². The lowest BCUT2D eigenvalue weighted by Gasteiger charge is -2.23. The molecule has 0 aromatic heterocycles. The fraction of sp³-hybridized carbons (Fsp3) is 0.316. The van der Waals surface area contributed by atoms with E-state index in [1.807, 2.05) is 32.0 Å². The van der Waals surface area contributed by atoms with Crippen molar-refractivity contribution in [2.75, 3.05) is 21.3 Å². The molecule has 2 heterocycles. The van der Waals surface area contributed by atoms with Crippen molar-refractivity contribution in [3.63, 3.8) is 0 Å². The van der Waals surface area contributed by atoms with Crippen molar-refractivity contribution in [1.82, 2.24) is 0 Å². The molecule has 5 nitrogen and oxygen atoms in total. The van der Waals surface area contributed by atoms with E-state index < -0.39 is 27.7 Å². The van der Waals surface area contributed by atoms with Gasteiger partial charge >= 0.3 is 6.03 Å². The Hall–Kier alpha value is -2.41. The smallest absolute Gasteiger partial charge is 0.288 e. The van der Waals surface area contributed by atoms with E-state index in [-0.39, 0.29) is 17.5 Å². The van der Waals surface area contributed by atoms with E-state index in [9.17, 15) is 17.6 Å². The predicted octanol–water partition coefficient (Wildman–Crippen LogP) is 3.05. The number of carbonyl (C=O) groups is 1. The highest BCUT2D eigenvalue weighted by Crippen LogP contribution is 2.38. The van der Waals surface area contributed by atoms with Gasteiger partial charge in [0.05, 0.1) is 23.6 Å². The van der Waals surface area contributed by atoms with Gasteiger partial charge in [0.1, 0.15) is 5.82 Å². The number of rotatable bonds is 2. The first kappa shape index (κ1) is 17.0. The van der Waals surface area contributed by atoms with Crippen LogP contribution < -0.4 is 9.80 Å². The molecule has 136 valence electrons. The maximum Gasteiger partial charge on any atom is 0.329 e. The lowest BCUT2D eigenvalue weighted by molar-refractivity contribution is 0.255. The third-order valence-corrected chi connectivity index (χ3v) is 6.94. The molecule has 0 saturated carbocycles. The van der Waals surface area contributed by atoms with Crippen LogP contribution in [-0.4, -0.2) is 38.0 Å². The summed E-state index contributed by atoms with van der Waals surface area (Å²) in [5.74, 6) is -0.544. The topological polar surface area (TPSA) is 57.7 Å². The van der Waals surface area contributed by atoms with Crippen LogP contribution in [-0.2, 0) is 9.84 Å². The summed E-state index contributed by atoms with van der Waals surface area (Å²) in [6.45, 7) is 3.94. The zero-order valence-electron chi connectivity index (χ0n) is 14.5. The molecule has 0 unspecified atom stereocenters. The second-order valence-electron chi connectivity index (χ2n) is 6.98. The Morgan fingerprint density at radius 1 is 0.885 bits per heavy atom. The van der Waals surface area contributed by atoms with Crippen LogP contribution >= 0.6 is 0 Å². The molecule has 0 spiro atoms. The van der Waals surface area contributed by atoms with E-state index in [1.54, 1.807) is 4.90 Å². The van der Waals surface area contributed by atoms with Crippen LogP contribution in [0.25, 0.3) is 0 Å². The molecule has 0 radical (unpaired) electrons. The lowest BCUT2D eigenvalue weighted by Crippen LogP contribution is -2.38. The average molecular weight is 374 g/mol. The number of anilines is 2. The van der Waals surface area contributed by atoms with Crippen molar-refractivity contribution in [2.45, 2.75) is 25.9 Å². The van der Waals surface area contributed by atoms with Crippen molar-refractivity contribution in [2.24, 2.45) is 0 Å². The maximum absolute atomic E-state index is 13.3. The van der Waals surface area contributed by atoms with Gasteiger partial charge < -0.3 is 0 Å². The molecule has 26 heavy (non-hydrogen) atoms. The molecule has 2 atom stereocenters. The minimum Gasteiger partial charge on any atom is -0.288 e. The molecule has 2 fully saturated rings. The predicted molar refractivity (Wildman–Crippen MR) is 98.9 cm³/mol. The van der Waals surface area contributed by atoms with Gasteiger partial charge in [-0.25, -0.2) is 17.6 Å². The number of urea groups is 1. The fourth-order valence-electron chi connectivity index (χ4n) is 3.78. The Morgan fingerprint density at radius 3 is 2.00 bits per heavy atom. The number of nitrogens with zero attached hydrogens (tertiary/aromatic N) is 2. The number of aryl methyl sites for hydroxylation is 2. The molecular weight excluding hydrogens is 355 g/mol. The van der Waals surface area contributed by atoms with Crippen LogP contribution in [0.3, 0.4) is 0 Å². The van der Waals surface area contributed by atoms with Gasteiger partial charge in [0, 0.05) is 11.4 Å². The Kier molecular flexibility index (Phi) is 3.80. The summed E-state index contributed by atoms with van der Waals surface area (Å²) < 4.78 is 37.8.